The predicted octanol–water partition coefficient (Wildman–Crippen LogP) is 3.14. The molecule has 1 atom stereocenters. The van der Waals surface area contributed by atoms with Gasteiger partial charge in [-0.05, 0) is 24.6 Å². The van der Waals surface area contributed by atoms with Crippen molar-refractivity contribution in [2.75, 3.05) is 7.11 Å². The van der Waals surface area contributed by atoms with Crippen LogP contribution in [0.15, 0.2) is 57.9 Å². The lowest BCUT2D eigenvalue weighted by atomic mass is 9.96. The van der Waals surface area contributed by atoms with Crippen molar-refractivity contribution in [1.82, 2.24) is 15.0 Å². The molecular weight excluding hydrogens is 425 g/mol. The zero-order chi connectivity index (χ0) is 23.8. The summed E-state index contributed by atoms with van der Waals surface area (Å²) in [5, 5.41) is 11.2. The number of hydrogen-bond donors (Lipinski definition) is 4. The van der Waals surface area contributed by atoms with Crippen LogP contribution >= 0.6 is 0 Å². The number of hydrazone groups is 1. The molecule has 0 saturated carbocycles. The molecule has 6 N–H and O–H groups in total. The lowest BCUT2D eigenvalue weighted by Gasteiger charge is -2.12. The number of hydrogen-bond acceptors (Lipinski definition) is 7. The first-order valence-electron chi connectivity index (χ1n) is 10.00. The van der Waals surface area contributed by atoms with Crippen LogP contribution < -0.4 is 16.3 Å². The Morgan fingerprint density at radius 1 is 1.33 bits per heavy atom. The van der Waals surface area contributed by atoms with Gasteiger partial charge in [0.25, 0.3) is 0 Å². The summed E-state index contributed by atoms with van der Waals surface area (Å²) >= 11 is 0. The Hall–Kier alpha value is -4.41. The van der Waals surface area contributed by atoms with Crippen molar-refractivity contribution in [2.45, 2.75) is 19.3 Å². The second-order valence-electron chi connectivity index (χ2n) is 6.83. The van der Waals surface area contributed by atoms with Crippen molar-refractivity contribution in [3.05, 3.63) is 60.1 Å². The molecule has 10 nitrogen and oxygen atoms in total. The second-order valence-corrected chi connectivity index (χ2v) is 6.83. The maximum atomic E-state index is 14.0. The van der Waals surface area contributed by atoms with Crippen molar-refractivity contribution in [1.29, 1.82) is 5.41 Å². The van der Waals surface area contributed by atoms with Crippen molar-refractivity contribution in [3.8, 4) is 17.0 Å². The van der Waals surface area contributed by atoms with Crippen LogP contribution in [-0.4, -0.2) is 46.2 Å². The van der Waals surface area contributed by atoms with Crippen LogP contribution in [0, 0.1) is 11.2 Å². The average Bonchev–Trinajstić information content (AvgIpc) is 3.27. The first kappa shape index (κ1) is 23.3. The first-order chi connectivity index (χ1) is 16.0. The van der Waals surface area contributed by atoms with Gasteiger partial charge >= 0.3 is 0 Å². The van der Waals surface area contributed by atoms with Crippen LogP contribution in [0.3, 0.4) is 0 Å². The maximum absolute atomic E-state index is 14.0. The van der Waals surface area contributed by atoms with Crippen molar-refractivity contribution < 1.29 is 9.13 Å². The number of benzene rings is 1. The summed E-state index contributed by atoms with van der Waals surface area (Å²) in [4.78, 5) is 19.6. The zero-order valence-electron chi connectivity index (χ0n) is 18.2. The fourth-order valence-electron chi connectivity index (χ4n) is 3.37. The number of nitrogens with zero attached hydrogens (tertiary/aromatic N) is 5. The maximum Gasteiger partial charge on any atom is 0.224 e. The Kier molecular flexibility index (Phi) is 7.58. The SMILES string of the molecule is CCC(C(C=Nc1ccccc1F)=NN)c1cc(-c2cncnc2OC)c(C(N)=NC=N)[nH]1. The summed E-state index contributed by atoms with van der Waals surface area (Å²) in [6.45, 7) is 1.95. The first-order valence-corrected chi connectivity index (χ1v) is 10.00. The number of aliphatic imine (C=N–C) groups is 2. The predicted molar refractivity (Wildman–Crippen MR) is 127 cm³/mol. The molecule has 2 heterocycles. The second kappa shape index (κ2) is 10.8. The molecule has 0 radical (unpaired) electrons. The molecule has 1 aromatic carbocycles. The number of aromatic nitrogens is 3. The number of nitrogens with one attached hydrogen (secondary N) is 2. The Labute approximate surface area is 189 Å². The molecule has 170 valence electrons. The fraction of sp³-hybridized carbons (Fsp3) is 0.182. The van der Waals surface area contributed by atoms with Gasteiger partial charge in [-0.1, -0.05) is 19.1 Å². The molecule has 0 aliphatic carbocycles. The van der Waals surface area contributed by atoms with Crippen molar-refractivity contribution >= 4 is 29.8 Å². The van der Waals surface area contributed by atoms with E-state index in [0.717, 1.165) is 6.34 Å². The quantitative estimate of drug-likeness (QED) is 0.170. The monoisotopic (exact) mass is 449 g/mol. The van der Waals surface area contributed by atoms with E-state index in [0.29, 0.717) is 40.5 Å². The lowest BCUT2D eigenvalue weighted by Crippen LogP contribution is -2.18. The van der Waals surface area contributed by atoms with E-state index in [-0.39, 0.29) is 17.4 Å². The van der Waals surface area contributed by atoms with Crippen molar-refractivity contribution in [2.24, 2.45) is 26.7 Å². The number of ether oxygens (including phenoxy) is 1. The topological polar surface area (TPSA) is 164 Å². The largest absolute Gasteiger partial charge is 0.480 e. The summed E-state index contributed by atoms with van der Waals surface area (Å²) in [7, 11) is 1.50. The molecule has 0 bridgehead atoms. The number of methoxy groups -OCH3 is 1. The van der Waals surface area contributed by atoms with Gasteiger partial charge in [-0.15, -0.1) is 0 Å². The van der Waals surface area contributed by atoms with E-state index in [1.807, 2.05) is 13.0 Å². The molecular formula is C22H24FN9O. The van der Waals surface area contributed by atoms with Crippen molar-refractivity contribution in [3.63, 3.8) is 0 Å². The van der Waals surface area contributed by atoms with E-state index in [4.69, 9.17) is 21.7 Å². The molecule has 2 aromatic heterocycles. The minimum Gasteiger partial charge on any atom is -0.480 e. The summed E-state index contributed by atoms with van der Waals surface area (Å²) in [6, 6.07) is 8.01. The van der Waals surface area contributed by atoms with E-state index >= 15 is 0 Å². The van der Waals surface area contributed by atoms with Crippen LogP contribution in [0.5, 0.6) is 5.88 Å². The minimum atomic E-state index is -0.450. The molecule has 0 saturated heterocycles. The summed E-state index contributed by atoms with van der Waals surface area (Å²) in [6.07, 6.45) is 5.86. The summed E-state index contributed by atoms with van der Waals surface area (Å²) in [5.74, 6) is 5.35. The standard InChI is InChI=1S/C22H24FN9O/c1-3-13(19(32-26)10-28-17-7-5-4-6-16(17)23)18-8-14(20(31-18)21(25)29-11-24)15-9-27-12-30-22(15)33-2/h4-13,31H,3,26H2,1-2H3,(H3,24,25,29). The normalized spacial score (nSPS) is 13.3. The molecule has 3 rings (SSSR count). The van der Waals surface area contributed by atoms with Gasteiger partial charge in [-0.25, -0.2) is 19.4 Å². The highest BCUT2D eigenvalue weighted by Gasteiger charge is 2.23. The third-order valence-electron chi connectivity index (χ3n) is 4.94. The van der Waals surface area contributed by atoms with E-state index in [1.165, 1.54) is 25.7 Å². The van der Waals surface area contributed by atoms with Gasteiger partial charge in [-0.3, -0.25) is 10.4 Å². The van der Waals surface area contributed by atoms with Gasteiger partial charge in [0.05, 0.1) is 36.0 Å². The van der Waals surface area contributed by atoms with E-state index in [9.17, 15) is 4.39 Å². The molecule has 33 heavy (non-hydrogen) atoms. The lowest BCUT2D eigenvalue weighted by molar-refractivity contribution is 0.398. The highest BCUT2D eigenvalue weighted by atomic mass is 19.1. The van der Waals surface area contributed by atoms with Gasteiger partial charge in [0.15, 0.2) is 0 Å². The smallest absolute Gasteiger partial charge is 0.224 e. The highest BCUT2D eigenvalue weighted by molar-refractivity contribution is 6.33. The molecule has 0 spiro atoms. The van der Waals surface area contributed by atoms with Gasteiger partial charge in [0.1, 0.15) is 24.3 Å². The third kappa shape index (κ3) is 5.09. The van der Waals surface area contributed by atoms with E-state index in [2.05, 4.69) is 30.0 Å². The number of nitrogens with two attached hydrogens (primary N) is 2. The van der Waals surface area contributed by atoms with Crippen LogP contribution in [-0.2, 0) is 0 Å². The molecule has 0 aliphatic heterocycles. The number of amidine groups is 1. The summed E-state index contributed by atoms with van der Waals surface area (Å²) < 4.78 is 19.3. The molecule has 11 heteroatoms. The third-order valence-corrected chi connectivity index (χ3v) is 4.94. The van der Waals surface area contributed by atoms with Crippen LogP contribution in [0.1, 0.15) is 30.7 Å². The van der Waals surface area contributed by atoms with Crippen LogP contribution in [0.4, 0.5) is 10.1 Å². The minimum absolute atomic E-state index is 0.0956. The van der Waals surface area contributed by atoms with Crippen LogP contribution in [0.25, 0.3) is 11.1 Å². The number of para-hydroxylation sites is 1. The van der Waals surface area contributed by atoms with Crippen LogP contribution in [0.2, 0.25) is 0 Å². The number of rotatable bonds is 9. The van der Waals surface area contributed by atoms with E-state index < -0.39 is 5.82 Å². The van der Waals surface area contributed by atoms with Gasteiger partial charge < -0.3 is 21.3 Å². The number of halogens is 1. The Balaban J connectivity index is 2.09. The molecule has 0 amide bonds. The fourth-order valence-corrected chi connectivity index (χ4v) is 3.37. The molecule has 0 aliphatic rings. The van der Waals surface area contributed by atoms with Gasteiger partial charge in [0.2, 0.25) is 5.88 Å². The van der Waals surface area contributed by atoms with E-state index in [1.54, 1.807) is 24.4 Å². The molecule has 3 aromatic rings. The molecule has 1 unspecified atom stereocenters. The Morgan fingerprint density at radius 3 is 2.79 bits per heavy atom. The van der Waals surface area contributed by atoms with Gasteiger partial charge in [-0.2, -0.15) is 5.10 Å². The molecule has 0 fully saturated rings. The zero-order valence-corrected chi connectivity index (χ0v) is 18.2. The number of H-pyrrole nitrogens is 1. The summed E-state index contributed by atoms with van der Waals surface area (Å²) in [5.41, 5.74) is 9.10. The Bertz CT molecular complexity index is 1220. The van der Waals surface area contributed by atoms with Gasteiger partial charge in [0, 0.05) is 23.4 Å². The average molecular weight is 449 g/mol. The highest BCUT2D eigenvalue weighted by Crippen LogP contribution is 2.33. The Morgan fingerprint density at radius 2 is 2.12 bits per heavy atom. The number of aromatic amines is 1.